The Hall–Kier alpha value is -1.36. The van der Waals surface area contributed by atoms with Gasteiger partial charge in [-0.3, -0.25) is 0 Å². The third-order valence-electron chi connectivity index (χ3n) is 1.61. The number of aliphatic hydroxyl groups is 3. The SMILES string of the molecule is C=CCOc1ccccc1C(O)(O)O. The number of ether oxygens (including phenoxy) is 1. The minimum Gasteiger partial charge on any atom is -0.489 e. The lowest BCUT2D eigenvalue weighted by molar-refractivity contribution is -0.324. The van der Waals surface area contributed by atoms with E-state index in [2.05, 4.69) is 6.58 Å². The highest BCUT2D eigenvalue weighted by molar-refractivity contribution is 5.35. The smallest absolute Gasteiger partial charge is 0.308 e. The van der Waals surface area contributed by atoms with Gasteiger partial charge in [0.05, 0.1) is 5.56 Å². The predicted octanol–water partition coefficient (Wildman–Crippen LogP) is 0.339. The molecule has 0 radical (unpaired) electrons. The minimum absolute atomic E-state index is 0.0955. The maximum absolute atomic E-state index is 8.97. The molecule has 1 aromatic rings. The molecule has 0 aromatic heterocycles. The summed E-state index contributed by atoms with van der Waals surface area (Å²) in [5.41, 5.74) is -0.0955. The van der Waals surface area contributed by atoms with Crippen LogP contribution >= 0.6 is 0 Å². The van der Waals surface area contributed by atoms with Crippen molar-refractivity contribution in [1.82, 2.24) is 0 Å². The van der Waals surface area contributed by atoms with Gasteiger partial charge >= 0.3 is 5.97 Å². The monoisotopic (exact) mass is 196 g/mol. The zero-order valence-corrected chi connectivity index (χ0v) is 7.55. The van der Waals surface area contributed by atoms with Crippen molar-refractivity contribution in [3.63, 3.8) is 0 Å². The number of hydrogen-bond acceptors (Lipinski definition) is 4. The fourth-order valence-corrected chi connectivity index (χ4v) is 1.02. The van der Waals surface area contributed by atoms with E-state index in [1.165, 1.54) is 18.2 Å². The Kier molecular flexibility index (Phi) is 3.24. The summed E-state index contributed by atoms with van der Waals surface area (Å²) in [6.07, 6.45) is 1.52. The van der Waals surface area contributed by atoms with E-state index < -0.39 is 5.97 Å². The highest BCUT2D eigenvalue weighted by Crippen LogP contribution is 2.25. The van der Waals surface area contributed by atoms with Crippen LogP contribution in [0.5, 0.6) is 5.75 Å². The van der Waals surface area contributed by atoms with E-state index in [1.807, 2.05) is 0 Å². The lowest BCUT2D eigenvalue weighted by Gasteiger charge is -2.17. The van der Waals surface area contributed by atoms with Crippen LogP contribution in [0.15, 0.2) is 36.9 Å². The molecule has 0 amide bonds. The number of rotatable bonds is 4. The van der Waals surface area contributed by atoms with Crippen LogP contribution in [0.3, 0.4) is 0 Å². The highest BCUT2D eigenvalue weighted by atomic mass is 16.7. The molecule has 0 bridgehead atoms. The number of hydrogen-bond donors (Lipinski definition) is 3. The molecule has 76 valence electrons. The van der Waals surface area contributed by atoms with Gasteiger partial charge in [-0.25, -0.2) is 0 Å². The van der Waals surface area contributed by atoms with Crippen molar-refractivity contribution in [2.75, 3.05) is 6.61 Å². The standard InChI is InChI=1S/C10H12O4/c1-2-7-14-9-6-4-3-5-8(9)10(11,12)13/h2-6,11-13H,1,7H2. The molecule has 0 spiro atoms. The Balaban J connectivity index is 2.97. The maximum atomic E-state index is 8.97. The molecule has 1 rings (SSSR count). The van der Waals surface area contributed by atoms with Gasteiger partial charge < -0.3 is 20.1 Å². The van der Waals surface area contributed by atoms with Crippen LogP contribution in [0.25, 0.3) is 0 Å². The molecule has 0 unspecified atom stereocenters. The van der Waals surface area contributed by atoms with Crippen molar-refractivity contribution >= 4 is 0 Å². The van der Waals surface area contributed by atoms with Crippen molar-refractivity contribution in [1.29, 1.82) is 0 Å². The largest absolute Gasteiger partial charge is 0.489 e. The molecule has 0 aliphatic carbocycles. The van der Waals surface area contributed by atoms with Gasteiger partial charge in [-0.2, -0.15) is 0 Å². The molecule has 14 heavy (non-hydrogen) atoms. The molecule has 1 aromatic carbocycles. The zero-order chi connectivity index (χ0) is 10.6. The first kappa shape index (κ1) is 10.7. The van der Waals surface area contributed by atoms with Gasteiger partial charge in [0.1, 0.15) is 12.4 Å². The maximum Gasteiger partial charge on any atom is 0.308 e. The number of para-hydroxylation sites is 1. The normalized spacial score (nSPS) is 11.1. The van der Waals surface area contributed by atoms with Gasteiger partial charge in [-0.1, -0.05) is 24.8 Å². The van der Waals surface area contributed by atoms with Crippen LogP contribution in [0.4, 0.5) is 0 Å². The molecule has 0 heterocycles. The van der Waals surface area contributed by atoms with E-state index in [-0.39, 0.29) is 17.9 Å². The van der Waals surface area contributed by atoms with Crippen LogP contribution in [0, 0.1) is 0 Å². The Labute approximate surface area is 81.7 Å². The van der Waals surface area contributed by atoms with E-state index in [9.17, 15) is 0 Å². The lowest BCUT2D eigenvalue weighted by Crippen LogP contribution is -2.24. The fraction of sp³-hybridized carbons (Fsp3) is 0.200. The molecule has 4 heteroatoms. The first-order chi connectivity index (χ1) is 6.55. The molecule has 0 fully saturated rings. The Morgan fingerprint density at radius 3 is 2.50 bits per heavy atom. The van der Waals surface area contributed by atoms with Gasteiger partial charge in [-0.05, 0) is 12.1 Å². The summed E-state index contributed by atoms with van der Waals surface area (Å²) in [6.45, 7) is 3.68. The second-order valence-corrected chi connectivity index (χ2v) is 2.73. The lowest BCUT2D eigenvalue weighted by atomic mass is 10.1. The third-order valence-corrected chi connectivity index (χ3v) is 1.61. The van der Waals surface area contributed by atoms with Gasteiger partial charge in [-0.15, -0.1) is 0 Å². The first-order valence-electron chi connectivity index (χ1n) is 4.06. The molecule has 0 saturated heterocycles. The van der Waals surface area contributed by atoms with E-state index in [0.717, 1.165) is 0 Å². The molecule has 0 atom stereocenters. The highest BCUT2D eigenvalue weighted by Gasteiger charge is 2.25. The van der Waals surface area contributed by atoms with Crippen molar-refractivity contribution in [2.45, 2.75) is 5.97 Å². The molecule has 3 N–H and O–H groups in total. The van der Waals surface area contributed by atoms with Crippen molar-refractivity contribution in [3.05, 3.63) is 42.5 Å². The second-order valence-electron chi connectivity index (χ2n) is 2.73. The Morgan fingerprint density at radius 1 is 1.29 bits per heavy atom. The summed E-state index contributed by atoms with van der Waals surface area (Å²) in [5.74, 6) is -2.67. The molecule has 0 aliphatic heterocycles. The number of benzene rings is 1. The Morgan fingerprint density at radius 2 is 1.93 bits per heavy atom. The summed E-state index contributed by atoms with van der Waals surface area (Å²) in [6, 6.07) is 6.11. The van der Waals surface area contributed by atoms with E-state index in [1.54, 1.807) is 12.1 Å². The van der Waals surface area contributed by atoms with Crippen LogP contribution in [-0.2, 0) is 5.97 Å². The fourth-order valence-electron chi connectivity index (χ4n) is 1.02. The summed E-state index contributed by atoms with van der Waals surface area (Å²) in [5, 5.41) is 26.9. The summed E-state index contributed by atoms with van der Waals surface area (Å²) in [7, 11) is 0. The van der Waals surface area contributed by atoms with Crippen LogP contribution < -0.4 is 4.74 Å². The zero-order valence-electron chi connectivity index (χ0n) is 7.55. The van der Waals surface area contributed by atoms with Gasteiger partial charge in [0.25, 0.3) is 0 Å². The molecular formula is C10H12O4. The molecule has 4 nitrogen and oxygen atoms in total. The quantitative estimate of drug-likeness (QED) is 0.479. The van der Waals surface area contributed by atoms with Gasteiger partial charge in [0, 0.05) is 0 Å². The van der Waals surface area contributed by atoms with Crippen LogP contribution in [0.2, 0.25) is 0 Å². The van der Waals surface area contributed by atoms with E-state index >= 15 is 0 Å². The second kappa shape index (κ2) is 4.23. The Bertz CT molecular complexity index is 314. The topological polar surface area (TPSA) is 69.9 Å². The average molecular weight is 196 g/mol. The van der Waals surface area contributed by atoms with Crippen molar-refractivity contribution in [3.8, 4) is 5.75 Å². The van der Waals surface area contributed by atoms with E-state index in [0.29, 0.717) is 0 Å². The third kappa shape index (κ3) is 2.56. The first-order valence-corrected chi connectivity index (χ1v) is 4.06. The van der Waals surface area contributed by atoms with E-state index in [4.69, 9.17) is 20.1 Å². The van der Waals surface area contributed by atoms with Gasteiger partial charge in [0.2, 0.25) is 0 Å². The minimum atomic E-state index is -2.88. The molecular weight excluding hydrogens is 184 g/mol. The van der Waals surface area contributed by atoms with Crippen LogP contribution in [0.1, 0.15) is 5.56 Å². The summed E-state index contributed by atoms with van der Waals surface area (Å²) in [4.78, 5) is 0. The predicted molar refractivity (Wildman–Crippen MR) is 50.5 cm³/mol. The summed E-state index contributed by atoms with van der Waals surface area (Å²) < 4.78 is 5.11. The van der Waals surface area contributed by atoms with Crippen LogP contribution in [-0.4, -0.2) is 21.9 Å². The summed E-state index contributed by atoms with van der Waals surface area (Å²) >= 11 is 0. The average Bonchev–Trinajstić information content (AvgIpc) is 2.14. The van der Waals surface area contributed by atoms with Crippen molar-refractivity contribution in [2.24, 2.45) is 0 Å². The molecule has 0 aliphatic rings. The van der Waals surface area contributed by atoms with Gasteiger partial charge in [0.15, 0.2) is 0 Å². The van der Waals surface area contributed by atoms with Crippen molar-refractivity contribution < 1.29 is 20.1 Å². The molecule has 0 saturated carbocycles.